The molecule has 0 aromatic heterocycles. The van der Waals surface area contributed by atoms with Gasteiger partial charge in [-0.3, -0.25) is 4.79 Å². The Hall–Kier alpha value is -0.610. The molecule has 0 saturated heterocycles. The monoisotopic (exact) mass is 216 g/mol. The first kappa shape index (κ1) is 14.4. The Morgan fingerprint density at radius 1 is 1.47 bits per heavy atom. The number of nitrogens with one attached hydrogen (secondary N) is 2. The van der Waals surface area contributed by atoms with Crippen LogP contribution in [0.1, 0.15) is 27.2 Å². The van der Waals surface area contributed by atoms with Gasteiger partial charge >= 0.3 is 0 Å². The van der Waals surface area contributed by atoms with Crippen LogP contribution < -0.4 is 10.6 Å². The van der Waals surface area contributed by atoms with E-state index in [9.17, 15) is 4.79 Å². The molecule has 0 rings (SSSR count). The Morgan fingerprint density at radius 3 is 2.53 bits per heavy atom. The first-order chi connectivity index (χ1) is 6.93. The maximum atomic E-state index is 11.6. The first-order valence-corrected chi connectivity index (χ1v) is 5.46. The van der Waals surface area contributed by atoms with Crippen molar-refractivity contribution < 1.29 is 9.90 Å². The second-order valence-corrected chi connectivity index (χ2v) is 4.81. The van der Waals surface area contributed by atoms with Crippen molar-refractivity contribution in [2.75, 3.05) is 26.7 Å². The summed E-state index contributed by atoms with van der Waals surface area (Å²) in [6.45, 7) is 7.42. The lowest BCUT2D eigenvalue weighted by Gasteiger charge is -2.24. The third-order valence-electron chi connectivity index (χ3n) is 2.49. The van der Waals surface area contributed by atoms with Gasteiger partial charge in [0.05, 0.1) is 0 Å². The summed E-state index contributed by atoms with van der Waals surface area (Å²) in [5.41, 5.74) is -0.0379. The Morgan fingerprint density at radius 2 is 2.07 bits per heavy atom. The zero-order valence-electron chi connectivity index (χ0n) is 10.3. The summed E-state index contributed by atoms with van der Waals surface area (Å²) >= 11 is 0. The molecule has 0 aliphatic heterocycles. The van der Waals surface area contributed by atoms with E-state index >= 15 is 0 Å². The van der Waals surface area contributed by atoms with Crippen molar-refractivity contribution in [3.8, 4) is 0 Å². The molecule has 15 heavy (non-hydrogen) atoms. The van der Waals surface area contributed by atoms with Crippen LogP contribution in [0.2, 0.25) is 0 Å². The molecule has 1 amide bonds. The number of carbonyl (C=O) groups is 1. The van der Waals surface area contributed by atoms with Gasteiger partial charge in [0.2, 0.25) is 5.91 Å². The van der Waals surface area contributed by atoms with Gasteiger partial charge < -0.3 is 15.7 Å². The van der Waals surface area contributed by atoms with Crippen molar-refractivity contribution in [2.24, 2.45) is 11.3 Å². The lowest BCUT2D eigenvalue weighted by molar-refractivity contribution is -0.124. The maximum absolute atomic E-state index is 11.6. The van der Waals surface area contributed by atoms with Gasteiger partial charge in [-0.25, -0.2) is 0 Å². The van der Waals surface area contributed by atoms with Crippen LogP contribution in [0.4, 0.5) is 0 Å². The molecule has 90 valence electrons. The zero-order chi connectivity index (χ0) is 11.9. The minimum atomic E-state index is -0.0379. The van der Waals surface area contributed by atoms with Gasteiger partial charge in [0.1, 0.15) is 0 Å². The summed E-state index contributed by atoms with van der Waals surface area (Å²) in [5, 5.41) is 14.7. The van der Waals surface area contributed by atoms with Crippen LogP contribution in [0.3, 0.4) is 0 Å². The van der Waals surface area contributed by atoms with Crippen molar-refractivity contribution >= 4 is 5.91 Å². The van der Waals surface area contributed by atoms with Gasteiger partial charge in [-0.15, -0.1) is 0 Å². The van der Waals surface area contributed by atoms with E-state index in [0.29, 0.717) is 19.5 Å². The molecule has 1 atom stereocenters. The molecule has 3 N–H and O–H groups in total. The normalized spacial score (nSPS) is 13.7. The highest BCUT2D eigenvalue weighted by atomic mass is 16.3. The average molecular weight is 216 g/mol. The molecular weight excluding hydrogens is 192 g/mol. The van der Waals surface area contributed by atoms with Gasteiger partial charge in [-0.1, -0.05) is 20.8 Å². The molecule has 0 fully saturated rings. The van der Waals surface area contributed by atoms with Crippen molar-refractivity contribution in [1.29, 1.82) is 0 Å². The molecule has 1 unspecified atom stereocenters. The fourth-order valence-electron chi connectivity index (χ4n) is 1.29. The van der Waals surface area contributed by atoms with Gasteiger partial charge in [0, 0.05) is 25.6 Å². The van der Waals surface area contributed by atoms with Crippen molar-refractivity contribution in [2.45, 2.75) is 27.2 Å². The minimum absolute atomic E-state index is 0.0140. The van der Waals surface area contributed by atoms with Crippen LogP contribution in [-0.2, 0) is 4.79 Å². The predicted octanol–water partition coefficient (Wildman–Crippen LogP) is 0.367. The topological polar surface area (TPSA) is 61.4 Å². The molecule has 0 aromatic carbocycles. The van der Waals surface area contributed by atoms with E-state index in [2.05, 4.69) is 10.6 Å². The van der Waals surface area contributed by atoms with Crippen LogP contribution in [0.5, 0.6) is 0 Å². The number of aliphatic hydroxyl groups is 1. The molecule has 4 nitrogen and oxygen atoms in total. The molecule has 0 aliphatic rings. The van der Waals surface area contributed by atoms with E-state index in [-0.39, 0.29) is 23.8 Å². The van der Waals surface area contributed by atoms with E-state index in [1.807, 2.05) is 27.8 Å². The summed E-state index contributed by atoms with van der Waals surface area (Å²) in [4.78, 5) is 11.6. The molecule has 0 saturated carbocycles. The van der Waals surface area contributed by atoms with Crippen molar-refractivity contribution in [3.05, 3.63) is 0 Å². The average Bonchev–Trinajstić information content (AvgIpc) is 2.14. The van der Waals surface area contributed by atoms with Gasteiger partial charge in [0.15, 0.2) is 0 Å². The van der Waals surface area contributed by atoms with Gasteiger partial charge in [-0.05, 0) is 18.9 Å². The largest absolute Gasteiger partial charge is 0.396 e. The van der Waals surface area contributed by atoms with E-state index in [1.165, 1.54) is 0 Å². The van der Waals surface area contributed by atoms with Gasteiger partial charge in [0.25, 0.3) is 0 Å². The molecule has 0 radical (unpaired) electrons. The van der Waals surface area contributed by atoms with Crippen LogP contribution in [0.25, 0.3) is 0 Å². The molecule has 0 aromatic rings. The number of amides is 1. The lowest BCUT2D eigenvalue weighted by Crippen LogP contribution is -2.39. The fourth-order valence-corrected chi connectivity index (χ4v) is 1.29. The molecule has 0 heterocycles. The second kappa shape index (κ2) is 6.80. The molecule has 0 aliphatic carbocycles. The molecule has 4 heteroatoms. The highest BCUT2D eigenvalue weighted by Crippen LogP contribution is 2.18. The van der Waals surface area contributed by atoms with E-state index in [0.717, 1.165) is 0 Å². The highest BCUT2D eigenvalue weighted by Gasteiger charge is 2.19. The number of hydrogen-bond donors (Lipinski definition) is 3. The SMILES string of the molecule is CNCC(C)C(=O)NCC(C)(C)CCO. The third kappa shape index (κ3) is 6.47. The Kier molecular flexibility index (Phi) is 6.52. The molecular formula is C11H24N2O2. The van der Waals surface area contributed by atoms with E-state index in [4.69, 9.17) is 5.11 Å². The first-order valence-electron chi connectivity index (χ1n) is 5.46. The van der Waals surface area contributed by atoms with Crippen LogP contribution in [0, 0.1) is 11.3 Å². The quantitative estimate of drug-likeness (QED) is 0.576. The Bertz CT molecular complexity index is 193. The second-order valence-electron chi connectivity index (χ2n) is 4.81. The van der Waals surface area contributed by atoms with Crippen LogP contribution >= 0.6 is 0 Å². The zero-order valence-corrected chi connectivity index (χ0v) is 10.3. The fraction of sp³-hybridized carbons (Fsp3) is 0.909. The summed E-state index contributed by atoms with van der Waals surface area (Å²) in [5.74, 6) is 0.0512. The number of hydrogen-bond acceptors (Lipinski definition) is 3. The van der Waals surface area contributed by atoms with Crippen LogP contribution in [0.15, 0.2) is 0 Å². The summed E-state index contributed by atoms with van der Waals surface area (Å²) in [6.07, 6.45) is 0.702. The summed E-state index contributed by atoms with van der Waals surface area (Å²) in [6, 6.07) is 0. The van der Waals surface area contributed by atoms with E-state index in [1.54, 1.807) is 0 Å². The maximum Gasteiger partial charge on any atom is 0.224 e. The number of aliphatic hydroxyl groups excluding tert-OH is 1. The smallest absolute Gasteiger partial charge is 0.224 e. The van der Waals surface area contributed by atoms with Crippen molar-refractivity contribution in [1.82, 2.24) is 10.6 Å². The molecule has 0 spiro atoms. The standard InChI is InChI=1S/C11H24N2O2/c1-9(7-12-4)10(15)13-8-11(2,3)5-6-14/h9,12,14H,5-8H2,1-4H3,(H,13,15). The lowest BCUT2D eigenvalue weighted by atomic mass is 9.89. The predicted molar refractivity (Wildman–Crippen MR) is 61.6 cm³/mol. The van der Waals surface area contributed by atoms with E-state index < -0.39 is 0 Å². The van der Waals surface area contributed by atoms with Crippen molar-refractivity contribution in [3.63, 3.8) is 0 Å². The summed E-state index contributed by atoms with van der Waals surface area (Å²) < 4.78 is 0. The highest BCUT2D eigenvalue weighted by molar-refractivity contribution is 5.78. The van der Waals surface area contributed by atoms with Crippen LogP contribution in [-0.4, -0.2) is 37.8 Å². The number of carbonyl (C=O) groups excluding carboxylic acids is 1. The summed E-state index contributed by atoms with van der Waals surface area (Å²) in [7, 11) is 1.83. The van der Waals surface area contributed by atoms with Gasteiger partial charge in [-0.2, -0.15) is 0 Å². The number of rotatable bonds is 7. The molecule has 0 bridgehead atoms. The Labute approximate surface area is 92.4 Å². The third-order valence-corrected chi connectivity index (χ3v) is 2.49. The Balaban J connectivity index is 3.88. The minimum Gasteiger partial charge on any atom is -0.396 e.